The number of para-hydroxylation sites is 1. The van der Waals surface area contributed by atoms with Crippen LogP contribution in [0.15, 0.2) is 54.9 Å². The Morgan fingerprint density at radius 3 is 2.59 bits per heavy atom. The third-order valence-electron chi connectivity index (χ3n) is 4.25. The van der Waals surface area contributed by atoms with Gasteiger partial charge in [0.1, 0.15) is 28.5 Å². The second-order valence-electron chi connectivity index (χ2n) is 6.00. The average molecular weight is 379 g/mol. The predicted molar refractivity (Wildman–Crippen MR) is 108 cm³/mol. The first-order chi connectivity index (χ1) is 13.2. The van der Waals surface area contributed by atoms with Gasteiger partial charge in [0.15, 0.2) is 0 Å². The standard InChI is InChI=1S/C21H18FN3OS/c1-3-26-15-10-8-14(9-11-15)18-13(2)27-21-19(18)20(23-12-24-21)25-17-7-5-4-6-16(17)22/h4-12H,3H2,1-2H3,(H,23,24,25). The second-order valence-corrected chi connectivity index (χ2v) is 7.20. The van der Waals surface area contributed by atoms with Gasteiger partial charge in [-0.3, -0.25) is 0 Å². The number of ether oxygens (including phenoxy) is 1. The lowest BCUT2D eigenvalue weighted by atomic mass is 10.0. The molecule has 0 aliphatic rings. The molecule has 0 saturated heterocycles. The quantitative estimate of drug-likeness (QED) is 0.465. The fourth-order valence-corrected chi connectivity index (χ4v) is 4.07. The summed E-state index contributed by atoms with van der Waals surface area (Å²) in [4.78, 5) is 10.8. The van der Waals surface area contributed by atoms with Crippen LogP contribution in [0.3, 0.4) is 0 Å². The van der Waals surface area contributed by atoms with Gasteiger partial charge >= 0.3 is 0 Å². The van der Waals surface area contributed by atoms with Crippen molar-refractivity contribution in [2.45, 2.75) is 13.8 Å². The predicted octanol–water partition coefficient (Wildman–Crippen LogP) is 5.95. The summed E-state index contributed by atoms with van der Waals surface area (Å²) < 4.78 is 19.6. The number of nitrogens with zero attached hydrogens (tertiary/aromatic N) is 2. The number of aromatic nitrogens is 2. The van der Waals surface area contributed by atoms with Crippen molar-refractivity contribution in [2.75, 3.05) is 11.9 Å². The molecule has 2 heterocycles. The molecule has 2 aromatic heterocycles. The van der Waals surface area contributed by atoms with E-state index in [1.807, 2.05) is 31.2 Å². The van der Waals surface area contributed by atoms with E-state index in [0.717, 1.165) is 32.0 Å². The van der Waals surface area contributed by atoms with Gasteiger partial charge in [0.25, 0.3) is 0 Å². The summed E-state index contributed by atoms with van der Waals surface area (Å²) in [6, 6.07) is 14.5. The minimum absolute atomic E-state index is 0.321. The van der Waals surface area contributed by atoms with Crippen LogP contribution in [-0.4, -0.2) is 16.6 Å². The van der Waals surface area contributed by atoms with Gasteiger partial charge in [-0.2, -0.15) is 0 Å². The monoisotopic (exact) mass is 379 g/mol. The van der Waals surface area contributed by atoms with Crippen LogP contribution in [0.2, 0.25) is 0 Å². The summed E-state index contributed by atoms with van der Waals surface area (Å²) >= 11 is 1.60. The van der Waals surface area contributed by atoms with Crippen molar-refractivity contribution in [3.63, 3.8) is 0 Å². The normalized spacial score (nSPS) is 10.9. The first kappa shape index (κ1) is 17.4. The summed E-state index contributed by atoms with van der Waals surface area (Å²) in [6.07, 6.45) is 1.50. The zero-order chi connectivity index (χ0) is 18.8. The Balaban J connectivity index is 1.84. The van der Waals surface area contributed by atoms with Crippen molar-refractivity contribution in [3.05, 3.63) is 65.6 Å². The molecule has 0 saturated carbocycles. The van der Waals surface area contributed by atoms with Crippen LogP contribution in [0.25, 0.3) is 21.3 Å². The number of nitrogens with one attached hydrogen (secondary N) is 1. The number of aryl methyl sites for hydroxylation is 1. The third kappa shape index (κ3) is 3.36. The van der Waals surface area contributed by atoms with Crippen LogP contribution in [0.4, 0.5) is 15.9 Å². The summed E-state index contributed by atoms with van der Waals surface area (Å²) in [5.74, 6) is 1.11. The second kappa shape index (κ2) is 7.32. The van der Waals surface area contributed by atoms with Crippen molar-refractivity contribution >= 4 is 33.1 Å². The van der Waals surface area contributed by atoms with Gasteiger partial charge in [0.2, 0.25) is 0 Å². The molecule has 0 aliphatic heterocycles. The summed E-state index contributed by atoms with van der Waals surface area (Å²) in [5.41, 5.74) is 2.49. The molecule has 0 bridgehead atoms. The van der Waals surface area contributed by atoms with E-state index in [4.69, 9.17) is 4.74 Å². The van der Waals surface area contributed by atoms with Gasteiger partial charge in [-0.25, -0.2) is 14.4 Å². The van der Waals surface area contributed by atoms with E-state index in [2.05, 4.69) is 22.2 Å². The van der Waals surface area contributed by atoms with E-state index in [-0.39, 0.29) is 5.82 Å². The minimum Gasteiger partial charge on any atom is -0.494 e. The summed E-state index contributed by atoms with van der Waals surface area (Å²) in [7, 11) is 0. The number of rotatable bonds is 5. The van der Waals surface area contributed by atoms with Gasteiger partial charge in [0.05, 0.1) is 17.7 Å². The summed E-state index contributed by atoms with van der Waals surface area (Å²) in [5, 5.41) is 4.02. The lowest BCUT2D eigenvalue weighted by molar-refractivity contribution is 0.340. The highest BCUT2D eigenvalue weighted by Gasteiger charge is 2.17. The maximum atomic E-state index is 14.1. The Morgan fingerprint density at radius 1 is 1.07 bits per heavy atom. The Morgan fingerprint density at radius 2 is 1.85 bits per heavy atom. The van der Waals surface area contributed by atoms with E-state index in [1.54, 1.807) is 29.5 Å². The molecule has 0 spiro atoms. The molecule has 0 amide bonds. The smallest absolute Gasteiger partial charge is 0.146 e. The first-order valence-corrected chi connectivity index (χ1v) is 9.48. The minimum atomic E-state index is -0.321. The molecule has 6 heteroatoms. The maximum Gasteiger partial charge on any atom is 0.146 e. The molecule has 27 heavy (non-hydrogen) atoms. The lowest BCUT2D eigenvalue weighted by Crippen LogP contribution is -1.97. The number of benzene rings is 2. The van der Waals surface area contributed by atoms with Crippen LogP contribution >= 0.6 is 11.3 Å². The van der Waals surface area contributed by atoms with E-state index >= 15 is 0 Å². The van der Waals surface area contributed by atoms with Crippen LogP contribution < -0.4 is 10.1 Å². The van der Waals surface area contributed by atoms with E-state index < -0.39 is 0 Å². The molecule has 2 aromatic carbocycles. The number of anilines is 2. The Hall–Kier alpha value is -2.99. The fourth-order valence-electron chi connectivity index (χ4n) is 3.06. The van der Waals surface area contributed by atoms with Crippen molar-refractivity contribution in [1.29, 1.82) is 0 Å². The highest BCUT2D eigenvalue weighted by molar-refractivity contribution is 7.19. The molecule has 0 unspecified atom stereocenters. The number of hydrogen-bond acceptors (Lipinski definition) is 5. The van der Waals surface area contributed by atoms with Crippen molar-refractivity contribution < 1.29 is 9.13 Å². The van der Waals surface area contributed by atoms with E-state index in [1.165, 1.54) is 12.4 Å². The fraction of sp³-hybridized carbons (Fsp3) is 0.143. The highest BCUT2D eigenvalue weighted by Crippen LogP contribution is 2.41. The molecule has 4 rings (SSSR count). The SMILES string of the molecule is CCOc1ccc(-c2c(C)sc3ncnc(Nc4ccccc4F)c23)cc1. The van der Waals surface area contributed by atoms with Crippen LogP contribution in [0.5, 0.6) is 5.75 Å². The Labute approximate surface area is 160 Å². The molecule has 4 nitrogen and oxygen atoms in total. The maximum absolute atomic E-state index is 14.1. The van der Waals surface area contributed by atoms with Crippen LogP contribution in [0.1, 0.15) is 11.8 Å². The van der Waals surface area contributed by atoms with Gasteiger partial charge in [0, 0.05) is 10.4 Å². The molecule has 0 aliphatic carbocycles. The van der Waals surface area contributed by atoms with Gasteiger partial charge < -0.3 is 10.1 Å². The van der Waals surface area contributed by atoms with Gasteiger partial charge in [-0.05, 0) is 43.7 Å². The lowest BCUT2D eigenvalue weighted by Gasteiger charge is -2.10. The van der Waals surface area contributed by atoms with Gasteiger partial charge in [-0.1, -0.05) is 24.3 Å². The van der Waals surface area contributed by atoms with Crippen molar-refractivity contribution in [3.8, 4) is 16.9 Å². The zero-order valence-corrected chi connectivity index (χ0v) is 15.8. The Kier molecular flexibility index (Phi) is 4.73. The topological polar surface area (TPSA) is 47.0 Å². The molecular formula is C21H18FN3OS. The number of thiophene rings is 1. The van der Waals surface area contributed by atoms with Crippen molar-refractivity contribution in [2.24, 2.45) is 0 Å². The van der Waals surface area contributed by atoms with Crippen LogP contribution in [0, 0.1) is 12.7 Å². The number of hydrogen-bond donors (Lipinski definition) is 1. The van der Waals surface area contributed by atoms with Gasteiger partial charge in [-0.15, -0.1) is 11.3 Å². The van der Waals surface area contributed by atoms with Crippen LogP contribution in [-0.2, 0) is 0 Å². The first-order valence-electron chi connectivity index (χ1n) is 8.66. The van der Waals surface area contributed by atoms with E-state index in [0.29, 0.717) is 18.1 Å². The molecule has 136 valence electrons. The molecule has 0 fully saturated rings. The van der Waals surface area contributed by atoms with E-state index in [9.17, 15) is 4.39 Å². The molecule has 0 radical (unpaired) electrons. The number of fused-ring (bicyclic) bond motifs is 1. The number of halogens is 1. The summed E-state index contributed by atoms with van der Waals surface area (Å²) in [6.45, 7) is 4.65. The highest BCUT2D eigenvalue weighted by atomic mass is 32.1. The molecule has 1 N–H and O–H groups in total. The van der Waals surface area contributed by atoms with Crippen molar-refractivity contribution in [1.82, 2.24) is 9.97 Å². The molecule has 0 atom stereocenters. The average Bonchev–Trinajstić information content (AvgIpc) is 3.01. The zero-order valence-electron chi connectivity index (χ0n) is 15.0. The largest absolute Gasteiger partial charge is 0.494 e. The Bertz CT molecular complexity index is 1090. The molecular weight excluding hydrogens is 361 g/mol. The third-order valence-corrected chi connectivity index (χ3v) is 5.26. The molecule has 4 aromatic rings.